The van der Waals surface area contributed by atoms with Gasteiger partial charge in [0.2, 0.25) is 0 Å². The Bertz CT molecular complexity index is 1070. The number of hydrogen-bond acceptors (Lipinski definition) is 3. The van der Waals surface area contributed by atoms with Crippen LogP contribution in [0.5, 0.6) is 5.75 Å². The first-order valence-corrected chi connectivity index (χ1v) is 10.3. The van der Waals surface area contributed by atoms with Gasteiger partial charge in [0.05, 0.1) is 23.5 Å². The summed E-state index contributed by atoms with van der Waals surface area (Å²) in [6, 6.07) is 17.0. The van der Waals surface area contributed by atoms with Crippen LogP contribution in [0.15, 0.2) is 70.9 Å². The Labute approximate surface area is 181 Å². The molecule has 0 aliphatic rings. The van der Waals surface area contributed by atoms with E-state index in [2.05, 4.69) is 22.1 Å². The van der Waals surface area contributed by atoms with Crippen molar-refractivity contribution >= 4 is 11.4 Å². The summed E-state index contributed by atoms with van der Waals surface area (Å²) in [6.07, 6.45) is 2.53. The molecule has 0 saturated carbocycles. The highest BCUT2D eigenvalue weighted by Crippen LogP contribution is 2.22. The SMILES string of the molecule is CCCCc1cc(F)c(C#Cc2ccc(N=Nc3ccc(OCC)cc3)cc2)c(F)c1. The fourth-order valence-corrected chi connectivity index (χ4v) is 2.91. The maximum Gasteiger partial charge on any atom is 0.142 e. The molecule has 0 aliphatic heterocycles. The van der Waals surface area contributed by atoms with Crippen LogP contribution in [0.4, 0.5) is 20.2 Å². The zero-order valence-corrected chi connectivity index (χ0v) is 17.7. The highest BCUT2D eigenvalue weighted by molar-refractivity contribution is 5.49. The summed E-state index contributed by atoms with van der Waals surface area (Å²) in [5.74, 6) is 4.95. The Hall–Kier alpha value is -3.52. The van der Waals surface area contributed by atoms with Gasteiger partial charge >= 0.3 is 0 Å². The van der Waals surface area contributed by atoms with Crippen molar-refractivity contribution in [3.8, 4) is 17.6 Å². The van der Waals surface area contributed by atoms with E-state index in [9.17, 15) is 8.78 Å². The van der Waals surface area contributed by atoms with E-state index >= 15 is 0 Å². The topological polar surface area (TPSA) is 34.0 Å². The van der Waals surface area contributed by atoms with Gasteiger partial charge in [-0.15, -0.1) is 0 Å². The minimum Gasteiger partial charge on any atom is -0.494 e. The molecule has 0 aromatic heterocycles. The summed E-state index contributed by atoms with van der Waals surface area (Å²) in [5, 5.41) is 8.38. The van der Waals surface area contributed by atoms with Crippen molar-refractivity contribution in [3.05, 3.63) is 89.0 Å². The molecule has 31 heavy (non-hydrogen) atoms. The smallest absolute Gasteiger partial charge is 0.142 e. The number of aryl methyl sites for hydroxylation is 1. The highest BCUT2D eigenvalue weighted by Gasteiger charge is 2.09. The zero-order chi connectivity index (χ0) is 22.1. The number of halogens is 2. The minimum absolute atomic E-state index is 0.209. The van der Waals surface area contributed by atoms with Crippen LogP contribution < -0.4 is 4.74 Å². The van der Waals surface area contributed by atoms with Crippen LogP contribution in [0.3, 0.4) is 0 Å². The number of azo groups is 1. The fraction of sp³-hybridized carbons (Fsp3) is 0.231. The Morgan fingerprint density at radius 1 is 0.806 bits per heavy atom. The van der Waals surface area contributed by atoms with E-state index in [-0.39, 0.29) is 5.56 Å². The third kappa shape index (κ3) is 6.48. The maximum atomic E-state index is 14.3. The van der Waals surface area contributed by atoms with Crippen LogP contribution >= 0.6 is 0 Å². The van der Waals surface area contributed by atoms with Crippen LogP contribution in [0.1, 0.15) is 43.4 Å². The molecule has 3 rings (SSSR count). The van der Waals surface area contributed by atoms with Crippen LogP contribution in [-0.4, -0.2) is 6.61 Å². The lowest BCUT2D eigenvalue weighted by molar-refractivity contribution is 0.340. The van der Waals surface area contributed by atoms with Crippen molar-refractivity contribution in [2.24, 2.45) is 10.2 Å². The van der Waals surface area contributed by atoms with Gasteiger partial charge in [-0.25, -0.2) is 8.78 Å². The largest absolute Gasteiger partial charge is 0.494 e. The third-order valence-electron chi connectivity index (χ3n) is 4.55. The van der Waals surface area contributed by atoms with E-state index in [1.807, 2.05) is 38.1 Å². The lowest BCUT2D eigenvalue weighted by Crippen LogP contribution is -1.95. The van der Waals surface area contributed by atoms with E-state index in [1.165, 1.54) is 12.1 Å². The van der Waals surface area contributed by atoms with E-state index in [0.29, 0.717) is 35.5 Å². The average Bonchev–Trinajstić information content (AvgIpc) is 2.77. The van der Waals surface area contributed by atoms with Gasteiger partial charge in [-0.05, 0) is 86.0 Å². The molecule has 3 nitrogen and oxygen atoms in total. The molecule has 3 aromatic rings. The Kier molecular flexibility index (Phi) is 7.89. The normalized spacial score (nSPS) is 10.7. The van der Waals surface area contributed by atoms with Crippen molar-refractivity contribution in [1.82, 2.24) is 0 Å². The van der Waals surface area contributed by atoms with Crippen molar-refractivity contribution in [2.45, 2.75) is 33.1 Å². The van der Waals surface area contributed by atoms with Crippen LogP contribution in [0, 0.1) is 23.5 Å². The molecule has 0 heterocycles. The van der Waals surface area contributed by atoms with Gasteiger partial charge in [-0.3, -0.25) is 0 Å². The molecule has 0 saturated heterocycles. The summed E-state index contributed by atoms with van der Waals surface area (Å²) in [5.41, 5.74) is 2.44. The summed E-state index contributed by atoms with van der Waals surface area (Å²) in [6.45, 7) is 4.58. The van der Waals surface area contributed by atoms with Gasteiger partial charge in [0.15, 0.2) is 0 Å². The Morgan fingerprint density at radius 3 is 1.94 bits per heavy atom. The van der Waals surface area contributed by atoms with Gasteiger partial charge in [0, 0.05) is 5.56 Å². The van der Waals surface area contributed by atoms with E-state index in [0.717, 1.165) is 18.6 Å². The third-order valence-corrected chi connectivity index (χ3v) is 4.55. The number of hydrogen-bond donors (Lipinski definition) is 0. The Morgan fingerprint density at radius 2 is 1.39 bits per heavy atom. The molecule has 5 heteroatoms. The second-order valence-corrected chi connectivity index (χ2v) is 6.96. The second-order valence-electron chi connectivity index (χ2n) is 6.96. The first-order chi connectivity index (χ1) is 15.1. The van der Waals surface area contributed by atoms with Crippen LogP contribution in [-0.2, 0) is 6.42 Å². The lowest BCUT2D eigenvalue weighted by Gasteiger charge is -2.03. The molecule has 0 bridgehead atoms. The van der Waals surface area contributed by atoms with Gasteiger partial charge < -0.3 is 4.74 Å². The first kappa shape index (κ1) is 22.2. The number of benzene rings is 3. The quantitative estimate of drug-likeness (QED) is 0.288. The number of unbranched alkanes of at least 4 members (excludes halogenated alkanes) is 1. The molecule has 3 aromatic carbocycles. The van der Waals surface area contributed by atoms with Gasteiger partial charge in [-0.1, -0.05) is 25.2 Å². The molecule has 0 N–H and O–H groups in total. The summed E-state index contributed by atoms with van der Waals surface area (Å²) >= 11 is 0. The van der Waals surface area contributed by atoms with E-state index < -0.39 is 11.6 Å². The number of rotatable bonds is 7. The van der Waals surface area contributed by atoms with Crippen molar-refractivity contribution in [2.75, 3.05) is 6.61 Å². The summed E-state index contributed by atoms with van der Waals surface area (Å²) < 4.78 is 33.9. The predicted molar refractivity (Wildman–Crippen MR) is 119 cm³/mol. The van der Waals surface area contributed by atoms with Crippen molar-refractivity contribution in [3.63, 3.8) is 0 Å². The molecule has 0 radical (unpaired) electrons. The number of ether oxygens (including phenoxy) is 1. The predicted octanol–water partition coefficient (Wildman–Crippen LogP) is 7.52. The maximum absolute atomic E-state index is 14.3. The van der Waals surface area contributed by atoms with Gasteiger partial charge in [-0.2, -0.15) is 10.2 Å². The molecular formula is C26H24F2N2O. The van der Waals surface area contributed by atoms with Gasteiger partial charge in [0.1, 0.15) is 17.4 Å². The van der Waals surface area contributed by atoms with Crippen LogP contribution in [0.2, 0.25) is 0 Å². The molecular weight excluding hydrogens is 394 g/mol. The Balaban J connectivity index is 1.68. The monoisotopic (exact) mass is 418 g/mol. The van der Waals surface area contributed by atoms with Gasteiger partial charge in [0.25, 0.3) is 0 Å². The van der Waals surface area contributed by atoms with E-state index in [4.69, 9.17) is 4.74 Å². The molecule has 0 aliphatic carbocycles. The van der Waals surface area contributed by atoms with E-state index in [1.54, 1.807) is 24.3 Å². The first-order valence-electron chi connectivity index (χ1n) is 10.3. The summed E-state index contributed by atoms with van der Waals surface area (Å²) in [7, 11) is 0. The average molecular weight is 418 g/mol. The number of nitrogens with zero attached hydrogens (tertiary/aromatic N) is 2. The second kappa shape index (κ2) is 11.0. The molecule has 0 atom stereocenters. The zero-order valence-electron chi connectivity index (χ0n) is 17.7. The summed E-state index contributed by atoms with van der Waals surface area (Å²) in [4.78, 5) is 0. The molecule has 0 unspecified atom stereocenters. The molecule has 0 fully saturated rings. The van der Waals surface area contributed by atoms with Crippen LogP contribution in [0.25, 0.3) is 0 Å². The molecule has 0 amide bonds. The minimum atomic E-state index is -0.626. The van der Waals surface area contributed by atoms with Crippen molar-refractivity contribution < 1.29 is 13.5 Å². The lowest BCUT2D eigenvalue weighted by atomic mass is 10.0. The standard InChI is InChI=1S/C26H24F2N2O/c1-3-5-6-20-17-25(27)24(26(28)18-20)16-9-19-7-10-21(11-8-19)29-30-22-12-14-23(15-13-22)31-4-2/h7-8,10-15,17-18H,3-6H2,1-2H3. The van der Waals surface area contributed by atoms with Crippen molar-refractivity contribution in [1.29, 1.82) is 0 Å². The highest BCUT2D eigenvalue weighted by atomic mass is 19.1. The molecule has 158 valence electrons. The fourth-order valence-electron chi connectivity index (χ4n) is 2.91. The molecule has 0 spiro atoms.